The molecule has 13 nitrogen and oxygen atoms in total. The summed E-state index contributed by atoms with van der Waals surface area (Å²) in [4.78, 5) is 67.2. The summed E-state index contributed by atoms with van der Waals surface area (Å²) in [5, 5.41) is 17.2. The molecule has 0 bridgehead atoms. The number of aliphatic hydroxyl groups excluding tert-OH is 1. The van der Waals surface area contributed by atoms with Gasteiger partial charge < -0.3 is 32.1 Å². The number of nitrogens with one attached hydrogen (secondary N) is 3. The lowest BCUT2D eigenvalue weighted by Gasteiger charge is -2.30. The van der Waals surface area contributed by atoms with Crippen LogP contribution in [0.5, 0.6) is 0 Å². The number of aliphatic hydroxyl groups is 1. The number of carbonyl (C=O) groups is 5. The van der Waals surface area contributed by atoms with Gasteiger partial charge in [-0.25, -0.2) is 0 Å². The Morgan fingerprint density at radius 3 is 2.26 bits per heavy atom. The molecule has 8 N–H and O–H groups in total. The number of likely N-dealkylation sites (tertiary alicyclic amines) is 1. The van der Waals surface area contributed by atoms with Gasteiger partial charge in [-0.15, -0.1) is 0 Å². The van der Waals surface area contributed by atoms with Crippen molar-refractivity contribution >= 4 is 35.5 Å². The molecule has 0 spiro atoms. The second kappa shape index (κ2) is 13.5. The van der Waals surface area contributed by atoms with E-state index in [9.17, 15) is 29.1 Å². The fourth-order valence-electron chi connectivity index (χ4n) is 3.51. The first-order valence-electron chi connectivity index (χ1n) is 11.3. The third-order valence-corrected chi connectivity index (χ3v) is 5.29. The maximum Gasteiger partial charge on any atom is 0.251 e. The second-order valence-corrected chi connectivity index (χ2v) is 8.63. The number of guanidine groups is 1. The summed E-state index contributed by atoms with van der Waals surface area (Å²) >= 11 is 0. The normalized spacial score (nSPS) is 17.9. The van der Waals surface area contributed by atoms with E-state index in [4.69, 9.17) is 11.5 Å². The first kappa shape index (κ1) is 28.8. The van der Waals surface area contributed by atoms with Gasteiger partial charge >= 0.3 is 0 Å². The van der Waals surface area contributed by atoms with Crippen LogP contribution < -0.4 is 27.4 Å². The van der Waals surface area contributed by atoms with Crippen LogP contribution in [0.2, 0.25) is 0 Å². The van der Waals surface area contributed by atoms with Crippen LogP contribution in [0.1, 0.15) is 53.4 Å². The van der Waals surface area contributed by atoms with Crippen LogP contribution in [-0.4, -0.2) is 82.8 Å². The van der Waals surface area contributed by atoms with Gasteiger partial charge in [0.2, 0.25) is 23.6 Å². The van der Waals surface area contributed by atoms with Gasteiger partial charge in [0.15, 0.2) is 5.96 Å². The molecule has 0 aromatic carbocycles. The number of nitrogens with two attached hydrogens (primary N) is 2. The average Bonchev–Trinajstić information content (AvgIpc) is 3.22. The summed E-state index contributed by atoms with van der Waals surface area (Å²) in [6.45, 7) is 6.36. The lowest BCUT2D eigenvalue weighted by Crippen LogP contribution is -2.59. The van der Waals surface area contributed by atoms with Crippen molar-refractivity contribution in [3.63, 3.8) is 0 Å². The van der Waals surface area contributed by atoms with E-state index in [1.807, 2.05) is 0 Å². The van der Waals surface area contributed by atoms with E-state index >= 15 is 0 Å². The van der Waals surface area contributed by atoms with Crippen molar-refractivity contribution < 1.29 is 29.1 Å². The lowest BCUT2D eigenvalue weighted by atomic mass is 10.1. The Kier molecular flexibility index (Phi) is 11.4. The van der Waals surface area contributed by atoms with Gasteiger partial charge in [0.25, 0.3) is 5.91 Å². The van der Waals surface area contributed by atoms with E-state index in [1.54, 1.807) is 13.8 Å². The van der Waals surface area contributed by atoms with Gasteiger partial charge in [0.1, 0.15) is 18.1 Å². The van der Waals surface area contributed by atoms with Crippen LogP contribution in [0.25, 0.3) is 0 Å². The van der Waals surface area contributed by atoms with Gasteiger partial charge in [-0.3, -0.25) is 34.3 Å². The van der Waals surface area contributed by atoms with Crippen molar-refractivity contribution in [1.82, 2.24) is 20.9 Å². The Hall–Kier alpha value is -3.22. The van der Waals surface area contributed by atoms with E-state index in [2.05, 4.69) is 20.9 Å². The first-order valence-corrected chi connectivity index (χ1v) is 11.3. The van der Waals surface area contributed by atoms with E-state index in [0.29, 0.717) is 19.3 Å². The third kappa shape index (κ3) is 8.96. The van der Waals surface area contributed by atoms with Crippen LogP contribution >= 0.6 is 0 Å². The molecule has 1 fully saturated rings. The summed E-state index contributed by atoms with van der Waals surface area (Å²) in [5.74, 6) is -3.40. The number of carbonyl (C=O) groups excluding carboxylic acids is 5. The molecule has 0 aromatic rings. The lowest BCUT2D eigenvalue weighted by molar-refractivity contribution is -0.143. The highest BCUT2D eigenvalue weighted by Gasteiger charge is 2.39. The molecule has 1 rings (SSSR count). The fraction of sp³-hybridized carbons (Fsp3) is 0.714. The van der Waals surface area contributed by atoms with E-state index < -0.39 is 59.7 Å². The number of imide groups is 1. The molecule has 1 aliphatic rings. The highest BCUT2D eigenvalue weighted by atomic mass is 16.3. The van der Waals surface area contributed by atoms with Crippen molar-refractivity contribution in [2.75, 3.05) is 13.1 Å². The Bertz CT molecular complexity index is 794. The summed E-state index contributed by atoms with van der Waals surface area (Å²) in [7, 11) is 0. The Morgan fingerprint density at radius 2 is 1.74 bits per heavy atom. The van der Waals surface area contributed by atoms with Crippen LogP contribution in [0, 0.1) is 5.92 Å². The number of aliphatic imine (C=N–C) groups is 1. The summed E-state index contributed by atoms with van der Waals surface area (Å²) in [6.07, 6.45) is 0.292. The van der Waals surface area contributed by atoms with E-state index in [-0.39, 0.29) is 25.5 Å². The highest BCUT2D eigenvalue weighted by Crippen LogP contribution is 2.20. The van der Waals surface area contributed by atoms with Crippen molar-refractivity contribution in [3.05, 3.63) is 0 Å². The van der Waals surface area contributed by atoms with E-state index in [0.717, 1.165) is 0 Å². The van der Waals surface area contributed by atoms with Crippen molar-refractivity contribution in [2.45, 2.75) is 77.6 Å². The molecule has 1 heterocycles. The molecule has 0 unspecified atom stereocenters. The van der Waals surface area contributed by atoms with Gasteiger partial charge in [0, 0.05) is 25.9 Å². The minimum Gasteiger partial charge on any atom is -0.391 e. The van der Waals surface area contributed by atoms with Crippen molar-refractivity contribution in [2.24, 2.45) is 22.4 Å². The molecular weight excluding hydrogens is 446 g/mol. The summed E-state index contributed by atoms with van der Waals surface area (Å²) in [6, 6.07) is -3.14. The van der Waals surface area contributed by atoms with Gasteiger partial charge in [-0.05, 0) is 32.6 Å². The predicted molar refractivity (Wildman–Crippen MR) is 124 cm³/mol. The number of nitrogens with zero attached hydrogens (tertiary/aromatic N) is 2. The number of hydrogen-bond donors (Lipinski definition) is 6. The molecule has 0 aliphatic carbocycles. The standard InChI is InChI=1S/C21H37N7O6/c1-11(2)17(31)27-19(33)16(12(3)29)26-18(32)15-8-6-10-28(15)20(34)14(25-13(4)30)7-5-9-24-21(22)23/h11-12,14-16,29H,5-10H2,1-4H3,(H,25,30)(H,26,32)(H4,22,23,24)(H,27,31,33)/t12-,14+,15+,16+/m1/s1. The van der Waals surface area contributed by atoms with Crippen molar-refractivity contribution in [3.8, 4) is 0 Å². The molecule has 13 heteroatoms. The molecule has 1 aliphatic heterocycles. The first-order chi connectivity index (χ1) is 15.8. The zero-order chi connectivity index (χ0) is 26.0. The zero-order valence-corrected chi connectivity index (χ0v) is 20.2. The summed E-state index contributed by atoms with van der Waals surface area (Å²) < 4.78 is 0. The van der Waals surface area contributed by atoms with Crippen LogP contribution in [0.15, 0.2) is 4.99 Å². The van der Waals surface area contributed by atoms with Crippen LogP contribution in [0.3, 0.4) is 0 Å². The van der Waals surface area contributed by atoms with E-state index in [1.165, 1.54) is 18.7 Å². The molecule has 0 saturated carbocycles. The maximum atomic E-state index is 13.2. The molecule has 4 atom stereocenters. The Labute approximate surface area is 199 Å². The van der Waals surface area contributed by atoms with Crippen molar-refractivity contribution in [1.29, 1.82) is 0 Å². The summed E-state index contributed by atoms with van der Waals surface area (Å²) in [5.41, 5.74) is 10.6. The molecule has 1 saturated heterocycles. The smallest absolute Gasteiger partial charge is 0.251 e. The Balaban J connectivity index is 2.91. The Morgan fingerprint density at radius 1 is 1.09 bits per heavy atom. The zero-order valence-electron chi connectivity index (χ0n) is 20.2. The minimum atomic E-state index is -1.38. The average molecular weight is 484 g/mol. The molecule has 0 radical (unpaired) electrons. The fourth-order valence-corrected chi connectivity index (χ4v) is 3.51. The van der Waals surface area contributed by atoms with Gasteiger partial charge in [-0.2, -0.15) is 0 Å². The SMILES string of the molecule is CC(=O)N[C@@H](CCCN=C(N)N)C(=O)N1CCC[C@H]1C(=O)N[C@H](C(=O)NC(=O)C(C)C)[C@@H](C)O. The topological polar surface area (TPSA) is 209 Å². The largest absolute Gasteiger partial charge is 0.391 e. The number of hydrogen-bond acceptors (Lipinski definition) is 7. The quantitative estimate of drug-likeness (QED) is 0.107. The third-order valence-electron chi connectivity index (χ3n) is 5.29. The number of rotatable bonds is 11. The predicted octanol–water partition coefficient (Wildman–Crippen LogP) is -2.30. The monoisotopic (exact) mass is 483 g/mol. The molecule has 34 heavy (non-hydrogen) atoms. The second-order valence-electron chi connectivity index (χ2n) is 8.63. The van der Waals surface area contributed by atoms with Crippen LogP contribution in [0.4, 0.5) is 0 Å². The number of amides is 5. The molecule has 5 amide bonds. The van der Waals surface area contributed by atoms with Crippen LogP contribution in [-0.2, 0) is 24.0 Å². The molecule has 0 aromatic heterocycles. The minimum absolute atomic E-state index is 0.0783. The van der Waals surface area contributed by atoms with Gasteiger partial charge in [0.05, 0.1) is 6.10 Å². The molecule has 192 valence electrons. The maximum absolute atomic E-state index is 13.2. The molecular formula is C21H37N7O6. The van der Waals surface area contributed by atoms with Gasteiger partial charge in [-0.1, -0.05) is 13.8 Å². The highest BCUT2D eigenvalue weighted by molar-refractivity contribution is 6.01.